The van der Waals surface area contributed by atoms with Crippen LogP contribution in [0, 0.1) is 0 Å². The second-order valence-corrected chi connectivity index (χ2v) is 8.03. The topological polar surface area (TPSA) is 69.6 Å². The van der Waals surface area contributed by atoms with Crippen LogP contribution in [0.1, 0.15) is 18.1 Å². The summed E-state index contributed by atoms with van der Waals surface area (Å²) < 4.78 is 7.88. The van der Waals surface area contributed by atoms with Crippen molar-refractivity contribution >= 4 is 23.4 Å². The fourth-order valence-electron chi connectivity index (χ4n) is 2.79. The van der Waals surface area contributed by atoms with E-state index < -0.39 is 0 Å². The fraction of sp³-hybridized carbons (Fsp3) is 0.143. The fourth-order valence-corrected chi connectivity index (χ4v) is 3.80. The maximum absolute atomic E-state index is 6.00. The predicted octanol–water partition coefficient (Wildman–Crippen LogP) is 5.69. The lowest BCUT2D eigenvalue weighted by atomic mass is 10.2. The largest absolute Gasteiger partial charge is 0.419 e. The van der Waals surface area contributed by atoms with E-state index in [4.69, 9.17) is 16.0 Å². The van der Waals surface area contributed by atoms with Crippen LogP contribution in [-0.4, -0.2) is 25.0 Å². The van der Waals surface area contributed by atoms with Gasteiger partial charge < -0.3 is 4.42 Å². The van der Waals surface area contributed by atoms with Crippen molar-refractivity contribution in [1.82, 2.24) is 25.0 Å². The van der Waals surface area contributed by atoms with Crippen molar-refractivity contribution in [2.75, 3.05) is 0 Å². The number of halogens is 1. The maximum Gasteiger partial charge on any atom is 0.247 e. The molecule has 146 valence electrons. The van der Waals surface area contributed by atoms with Crippen LogP contribution < -0.4 is 0 Å². The van der Waals surface area contributed by atoms with E-state index in [0.29, 0.717) is 23.3 Å². The molecule has 0 radical (unpaired) electrons. The third-order valence-electron chi connectivity index (χ3n) is 4.22. The minimum Gasteiger partial charge on any atom is -0.419 e. The van der Waals surface area contributed by atoms with E-state index >= 15 is 0 Å². The lowest BCUT2D eigenvalue weighted by Gasteiger charge is -2.10. The van der Waals surface area contributed by atoms with E-state index in [2.05, 4.69) is 27.0 Å². The number of hydrogen-bond donors (Lipinski definition) is 0. The predicted molar refractivity (Wildman–Crippen MR) is 115 cm³/mol. The molecule has 0 saturated carbocycles. The monoisotopic (exact) mass is 423 g/mol. The highest BCUT2D eigenvalue weighted by molar-refractivity contribution is 7.99. The smallest absolute Gasteiger partial charge is 0.247 e. The van der Waals surface area contributed by atoms with Gasteiger partial charge in [-0.1, -0.05) is 47.6 Å². The molecule has 2 aromatic heterocycles. The molecule has 0 bridgehead atoms. The Morgan fingerprint density at radius 1 is 1.03 bits per heavy atom. The van der Waals surface area contributed by atoms with E-state index in [-0.39, 0.29) is 5.25 Å². The van der Waals surface area contributed by atoms with E-state index in [1.54, 1.807) is 0 Å². The van der Waals surface area contributed by atoms with Gasteiger partial charge in [0, 0.05) is 22.7 Å². The van der Waals surface area contributed by atoms with Crippen molar-refractivity contribution in [2.24, 2.45) is 0 Å². The summed E-state index contributed by atoms with van der Waals surface area (Å²) in [5, 5.41) is 18.5. The Kier molecular flexibility index (Phi) is 5.78. The number of allylic oxidation sites excluding steroid dienone is 1. The molecule has 0 fully saturated rings. The number of thioether (sulfide) groups is 1. The molecule has 2 heterocycles. The zero-order valence-electron chi connectivity index (χ0n) is 15.7. The minimum atomic E-state index is -0.0919. The van der Waals surface area contributed by atoms with Gasteiger partial charge in [-0.05, 0) is 43.3 Å². The summed E-state index contributed by atoms with van der Waals surface area (Å²) in [7, 11) is 0. The molecule has 0 aliphatic carbocycles. The molecular formula is C21H18ClN5OS. The average molecular weight is 424 g/mol. The molecule has 0 saturated heterocycles. The minimum absolute atomic E-state index is 0.0919. The number of benzene rings is 2. The Balaban J connectivity index is 1.58. The number of nitrogens with zero attached hydrogens (tertiary/aromatic N) is 5. The first-order chi connectivity index (χ1) is 14.2. The zero-order valence-corrected chi connectivity index (χ0v) is 17.3. The molecular weight excluding hydrogens is 406 g/mol. The summed E-state index contributed by atoms with van der Waals surface area (Å²) in [6.45, 7) is 6.44. The lowest BCUT2D eigenvalue weighted by Crippen LogP contribution is -2.01. The maximum atomic E-state index is 6.00. The van der Waals surface area contributed by atoms with E-state index in [1.165, 1.54) is 11.8 Å². The first kappa shape index (κ1) is 19.4. The van der Waals surface area contributed by atoms with Crippen LogP contribution in [0.25, 0.3) is 22.8 Å². The van der Waals surface area contributed by atoms with Crippen molar-refractivity contribution in [1.29, 1.82) is 0 Å². The Morgan fingerprint density at radius 3 is 2.52 bits per heavy atom. The van der Waals surface area contributed by atoms with Crippen LogP contribution in [0.15, 0.2) is 76.8 Å². The van der Waals surface area contributed by atoms with Crippen LogP contribution in [0.2, 0.25) is 5.02 Å². The van der Waals surface area contributed by atoms with E-state index in [9.17, 15) is 0 Å². The summed E-state index contributed by atoms with van der Waals surface area (Å²) in [5.41, 5.74) is 1.83. The van der Waals surface area contributed by atoms with Gasteiger partial charge in [0.15, 0.2) is 11.0 Å². The van der Waals surface area contributed by atoms with Gasteiger partial charge in [-0.2, -0.15) is 0 Å². The number of aromatic nitrogens is 5. The summed E-state index contributed by atoms with van der Waals surface area (Å²) in [6, 6.07) is 17.2. The molecule has 0 spiro atoms. The molecule has 0 amide bonds. The van der Waals surface area contributed by atoms with Crippen molar-refractivity contribution < 1.29 is 4.42 Å². The first-order valence-corrected chi connectivity index (χ1v) is 10.3. The van der Waals surface area contributed by atoms with Gasteiger partial charge in [-0.3, -0.25) is 4.57 Å². The Labute approximate surface area is 177 Å². The summed E-state index contributed by atoms with van der Waals surface area (Å²) in [6.07, 6.45) is 1.82. The standard InChI is InChI=1S/C21H18ClN5OS/c1-3-13-27-18(15-9-11-17(22)12-10-15)23-26-21(27)29-14(2)19-24-25-20(28-19)16-7-5-4-6-8-16/h3-12,14H,1,13H2,2H3. The van der Waals surface area contributed by atoms with Gasteiger partial charge in [0.1, 0.15) is 0 Å². The molecule has 0 aliphatic heterocycles. The van der Waals surface area contributed by atoms with Crippen molar-refractivity contribution in [3.63, 3.8) is 0 Å². The molecule has 1 atom stereocenters. The van der Waals surface area contributed by atoms with Crippen molar-refractivity contribution in [2.45, 2.75) is 23.9 Å². The van der Waals surface area contributed by atoms with Crippen LogP contribution in [0.3, 0.4) is 0 Å². The lowest BCUT2D eigenvalue weighted by molar-refractivity contribution is 0.508. The third-order valence-corrected chi connectivity index (χ3v) is 5.54. The summed E-state index contributed by atoms with van der Waals surface area (Å²) in [5.74, 6) is 1.80. The van der Waals surface area contributed by atoms with Gasteiger partial charge in [0.2, 0.25) is 11.8 Å². The molecule has 0 aliphatic rings. The molecule has 6 nitrogen and oxygen atoms in total. The van der Waals surface area contributed by atoms with E-state index in [0.717, 1.165) is 22.1 Å². The van der Waals surface area contributed by atoms with Gasteiger partial charge in [-0.15, -0.1) is 27.0 Å². The normalized spacial score (nSPS) is 12.1. The van der Waals surface area contributed by atoms with Crippen LogP contribution in [0.5, 0.6) is 0 Å². The van der Waals surface area contributed by atoms with Gasteiger partial charge in [0.05, 0.1) is 5.25 Å². The highest BCUT2D eigenvalue weighted by Gasteiger charge is 2.21. The molecule has 8 heteroatoms. The second-order valence-electron chi connectivity index (χ2n) is 6.28. The third kappa shape index (κ3) is 4.26. The highest BCUT2D eigenvalue weighted by Crippen LogP contribution is 2.35. The van der Waals surface area contributed by atoms with Gasteiger partial charge in [-0.25, -0.2) is 0 Å². The van der Waals surface area contributed by atoms with Crippen LogP contribution in [0.4, 0.5) is 0 Å². The SMILES string of the molecule is C=CCn1c(SC(C)c2nnc(-c3ccccc3)o2)nnc1-c1ccc(Cl)cc1. The van der Waals surface area contributed by atoms with Gasteiger partial charge >= 0.3 is 0 Å². The first-order valence-electron chi connectivity index (χ1n) is 9.01. The molecule has 2 aromatic carbocycles. The quantitative estimate of drug-likeness (QED) is 0.281. The van der Waals surface area contributed by atoms with Crippen molar-refractivity contribution in [3.05, 3.63) is 78.2 Å². The van der Waals surface area contributed by atoms with Crippen LogP contribution >= 0.6 is 23.4 Å². The summed E-state index contributed by atoms with van der Waals surface area (Å²) in [4.78, 5) is 0. The Morgan fingerprint density at radius 2 is 1.79 bits per heavy atom. The Bertz CT molecular complexity index is 1110. The van der Waals surface area contributed by atoms with Crippen molar-refractivity contribution in [3.8, 4) is 22.8 Å². The Hall–Kier alpha value is -2.90. The number of rotatable bonds is 7. The zero-order chi connectivity index (χ0) is 20.2. The summed E-state index contributed by atoms with van der Waals surface area (Å²) >= 11 is 7.51. The number of hydrogen-bond acceptors (Lipinski definition) is 6. The highest BCUT2D eigenvalue weighted by atomic mass is 35.5. The molecule has 29 heavy (non-hydrogen) atoms. The molecule has 4 rings (SSSR count). The molecule has 1 unspecified atom stereocenters. The van der Waals surface area contributed by atoms with Crippen LogP contribution in [-0.2, 0) is 6.54 Å². The second kappa shape index (κ2) is 8.63. The van der Waals surface area contributed by atoms with Gasteiger partial charge in [0.25, 0.3) is 0 Å². The molecule has 0 N–H and O–H groups in total. The van der Waals surface area contributed by atoms with E-state index in [1.807, 2.05) is 72.2 Å². The molecule has 4 aromatic rings. The average Bonchev–Trinajstić information content (AvgIpc) is 3.38.